The van der Waals surface area contributed by atoms with Gasteiger partial charge in [0.25, 0.3) is 5.22 Å². The van der Waals surface area contributed by atoms with Crippen LogP contribution in [0.2, 0.25) is 5.02 Å². The Kier molecular flexibility index (Phi) is 5.01. The molecule has 136 valence electrons. The molecule has 2 aromatic carbocycles. The van der Waals surface area contributed by atoms with E-state index in [1.54, 1.807) is 6.26 Å². The summed E-state index contributed by atoms with van der Waals surface area (Å²) in [5, 5.41) is 9.44. The van der Waals surface area contributed by atoms with E-state index in [1.165, 1.54) is 11.8 Å². The zero-order chi connectivity index (χ0) is 18.8. The fraction of sp³-hybridized carbons (Fsp3) is 0.150. The maximum absolute atomic E-state index is 5.91. The second kappa shape index (κ2) is 7.58. The first kappa shape index (κ1) is 17.8. The Labute approximate surface area is 165 Å². The molecule has 0 fully saturated rings. The first-order chi connectivity index (χ1) is 13.1. The van der Waals surface area contributed by atoms with Crippen molar-refractivity contribution < 1.29 is 8.83 Å². The molecule has 4 rings (SSSR count). The number of nitrogens with zero attached hydrogens (tertiary/aromatic N) is 3. The third-order valence-corrected chi connectivity index (χ3v) is 4.97. The number of oxazole rings is 1. The Morgan fingerprint density at radius 1 is 0.926 bits per heavy atom. The van der Waals surface area contributed by atoms with Crippen LogP contribution in [-0.2, 0) is 5.75 Å². The average Bonchev–Trinajstić information content (AvgIpc) is 3.29. The highest BCUT2D eigenvalue weighted by atomic mass is 35.5. The van der Waals surface area contributed by atoms with Gasteiger partial charge in [0.1, 0.15) is 6.26 Å². The van der Waals surface area contributed by atoms with Crippen molar-refractivity contribution in [2.45, 2.75) is 24.8 Å². The molecule has 0 N–H and O–H groups in total. The van der Waals surface area contributed by atoms with Gasteiger partial charge in [0.05, 0.1) is 5.69 Å². The molecule has 27 heavy (non-hydrogen) atoms. The first-order valence-corrected chi connectivity index (χ1v) is 9.68. The van der Waals surface area contributed by atoms with E-state index >= 15 is 0 Å². The smallest absolute Gasteiger partial charge is 0.277 e. The summed E-state index contributed by atoms with van der Waals surface area (Å²) >= 11 is 7.33. The van der Waals surface area contributed by atoms with Crippen molar-refractivity contribution in [2.24, 2.45) is 0 Å². The van der Waals surface area contributed by atoms with Gasteiger partial charge < -0.3 is 8.83 Å². The van der Waals surface area contributed by atoms with Gasteiger partial charge in [-0.15, -0.1) is 10.2 Å². The number of aryl methyl sites for hydroxylation is 2. The maximum atomic E-state index is 5.91. The topological polar surface area (TPSA) is 65.0 Å². The Hall–Kier alpha value is -2.57. The third kappa shape index (κ3) is 4.23. The van der Waals surface area contributed by atoms with Crippen molar-refractivity contribution in [1.82, 2.24) is 15.2 Å². The lowest BCUT2D eigenvalue weighted by atomic mass is 10.1. The summed E-state index contributed by atoms with van der Waals surface area (Å²) in [4.78, 5) is 4.49. The zero-order valence-corrected chi connectivity index (χ0v) is 16.3. The summed E-state index contributed by atoms with van der Waals surface area (Å²) in [6, 6.07) is 13.5. The largest absolute Gasteiger partial charge is 0.444 e. The molecule has 0 aliphatic carbocycles. The molecule has 0 unspecified atom stereocenters. The van der Waals surface area contributed by atoms with Crippen LogP contribution in [0.15, 0.2) is 62.8 Å². The van der Waals surface area contributed by atoms with Crippen LogP contribution >= 0.6 is 23.4 Å². The molecular weight excluding hydrogens is 382 g/mol. The minimum Gasteiger partial charge on any atom is -0.444 e. The number of hydrogen-bond donors (Lipinski definition) is 0. The van der Waals surface area contributed by atoms with E-state index in [-0.39, 0.29) is 0 Å². The van der Waals surface area contributed by atoms with Gasteiger partial charge in [0, 0.05) is 21.9 Å². The molecule has 0 aliphatic heterocycles. The Morgan fingerprint density at radius 3 is 2.41 bits per heavy atom. The second-order valence-corrected chi connectivity index (χ2v) is 7.55. The van der Waals surface area contributed by atoms with Gasteiger partial charge >= 0.3 is 0 Å². The summed E-state index contributed by atoms with van der Waals surface area (Å²) < 4.78 is 11.3. The molecule has 0 spiro atoms. The Bertz CT molecular complexity index is 1050. The number of aromatic nitrogens is 3. The standard InChI is InChI=1S/C20H16ClN3O2S/c1-12-7-13(2)9-15(8-12)19-23-24-20(26-19)27-11-17-10-25-18(22-17)14-3-5-16(21)6-4-14/h3-10H,11H2,1-2H3. The highest BCUT2D eigenvalue weighted by Crippen LogP contribution is 2.28. The van der Waals surface area contributed by atoms with E-state index in [1.807, 2.05) is 50.2 Å². The lowest BCUT2D eigenvalue weighted by Crippen LogP contribution is -1.82. The number of benzene rings is 2. The van der Waals surface area contributed by atoms with Crippen molar-refractivity contribution in [2.75, 3.05) is 0 Å². The summed E-state index contributed by atoms with van der Waals surface area (Å²) in [5.74, 6) is 1.65. The van der Waals surface area contributed by atoms with Crippen molar-refractivity contribution >= 4 is 23.4 Å². The van der Waals surface area contributed by atoms with Gasteiger partial charge in [-0.05, 0) is 50.2 Å². The summed E-state index contributed by atoms with van der Waals surface area (Å²) in [5.41, 5.74) is 4.93. The molecule has 0 saturated heterocycles. The van der Waals surface area contributed by atoms with Gasteiger partial charge in [-0.1, -0.05) is 40.6 Å². The third-order valence-electron chi connectivity index (χ3n) is 3.86. The molecule has 0 radical (unpaired) electrons. The van der Waals surface area contributed by atoms with E-state index in [0.717, 1.165) is 27.9 Å². The zero-order valence-electron chi connectivity index (χ0n) is 14.8. The number of thioether (sulfide) groups is 1. The minimum atomic E-state index is 0.500. The minimum absolute atomic E-state index is 0.500. The molecule has 5 nitrogen and oxygen atoms in total. The van der Waals surface area contributed by atoms with E-state index in [0.29, 0.717) is 27.8 Å². The van der Waals surface area contributed by atoms with Crippen molar-refractivity contribution in [3.63, 3.8) is 0 Å². The molecule has 0 bridgehead atoms. The fourth-order valence-electron chi connectivity index (χ4n) is 2.72. The quantitative estimate of drug-likeness (QED) is 0.387. The van der Waals surface area contributed by atoms with E-state index in [4.69, 9.17) is 20.4 Å². The molecule has 0 amide bonds. The predicted molar refractivity (Wildman–Crippen MR) is 106 cm³/mol. The summed E-state index contributed by atoms with van der Waals surface area (Å²) in [6.07, 6.45) is 1.64. The van der Waals surface area contributed by atoms with Crippen LogP contribution in [0.1, 0.15) is 16.8 Å². The van der Waals surface area contributed by atoms with Crippen LogP contribution in [0.3, 0.4) is 0 Å². The number of rotatable bonds is 5. The van der Waals surface area contributed by atoms with Crippen molar-refractivity contribution in [3.05, 3.63) is 70.6 Å². The van der Waals surface area contributed by atoms with Crippen molar-refractivity contribution in [3.8, 4) is 22.9 Å². The van der Waals surface area contributed by atoms with Crippen LogP contribution in [0.4, 0.5) is 0 Å². The molecule has 4 aromatic rings. The molecule has 0 atom stereocenters. The highest BCUT2D eigenvalue weighted by Gasteiger charge is 2.12. The monoisotopic (exact) mass is 397 g/mol. The highest BCUT2D eigenvalue weighted by molar-refractivity contribution is 7.98. The van der Waals surface area contributed by atoms with Crippen LogP contribution in [-0.4, -0.2) is 15.2 Å². The molecule has 2 heterocycles. The summed E-state index contributed by atoms with van der Waals surface area (Å²) in [7, 11) is 0. The Morgan fingerprint density at radius 2 is 1.67 bits per heavy atom. The molecule has 0 saturated carbocycles. The Balaban J connectivity index is 1.44. The van der Waals surface area contributed by atoms with Gasteiger partial charge in [-0.2, -0.15) is 0 Å². The average molecular weight is 398 g/mol. The maximum Gasteiger partial charge on any atom is 0.277 e. The van der Waals surface area contributed by atoms with Crippen LogP contribution < -0.4 is 0 Å². The lowest BCUT2D eigenvalue weighted by Gasteiger charge is -2.00. The van der Waals surface area contributed by atoms with Crippen LogP contribution in [0.25, 0.3) is 22.9 Å². The normalized spacial score (nSPS) is 11.1. The first-order valence-electron chi connectivity index (χ1n) is 8.32. The van der Waals surface area contributed by atoms with Crippen molar-refractivity contribution in [1.29, 1.82) is 0 Å². The van der Waals surface area contributed by atoms with Gasteiger partial charge in [-0.3, -0.25) is 0 Å². The van der Waals surface area contributed by atoms with Crippen LogP contribution in [0.5, 0.6) is 0 Å². The lowest BCUT2D eigenvalue weighted by molar-refractivity contribution is 0.465. The summed E-state index contributed by atoms with van der Waals surface area (Å²) in [6.45, 7) is 4.09. The van der Waals surface area contributed by atoms with Gasteiger partial charge in [0.15, 0.2) is 0 Å². The van der Waals surface area contributed by atoms with Gasteiger partial charge in [-0.25, -0.2) is 4.98 Å². The van der Waals surface area contributed by atoms with Gasteiger partial charge in [0.2, 0.25) is 11.8 Å². The predicted octanol–water partition coefficient (Wildman–Crippen LogP) is 5.95. The molecule has 0 aliphatic rings. The van der Waals surface area contributed by atoms with Crippen LogP contribution in [0, 0.1) is 13.8 Å². The molecule has 2 aromatic heterocycles. The molecular formula is C20H16ClN3O2S. The SMILES string of the molecule is Cc1cc(C)cc(-c2nnc(SCc3coc(-c4ccc(Cl)cc4)n3)o2)c1. The fourth-order valence-corrected chi connectivity index (χ4v) is 3.48. The molecule has 7 heteroatoms. The van der Waals surface area contributed by atoms with E-state index < -0.39 is 0 Å². The second-order valence-electron chi connectivity index (χ2n) is 6.19. The van der Waals surface area contributed by atoms with E-state index in [9.17, 15) is 0 Å². The number of hydrogen-bond acceptors (Lipinski definition) is 6. The number of halogens is 1. The van der Waals surface area contributed by atoms with E-state index in [2.05, 4.69) is 21.2 Å².